The Hall–Kier alpha value is -2.45. The fraction of sp³-hybridized carbons (Fsp3) is 0.625. The number of imidazole rings is 1. The molecule has 172 valence electrons. The highest BCUT2D eigenvalue weighted by atomic mass is 16.2. The number of likely N-dealkylation sites (tertiary alicyclic amines) is 1. The third kappa shape index (κ3) is 4.13. The third-order valence-electron chi connectivity index (χ3n) is 7.57. The number of amides is 2. The number of rotatable bonds is 5. The van der Waals surface area contributed by atoms with Gasteiger partial charge in [0.05, 0.1) is 11.7 Å². The van der Waals surface area contributed by atoms with Gasteiger partial charge in [-0.3, -0.25) is 19.4 Å². The van der Waals surface area contributed by atoms with Crippen LogP contribution >= 0.6 is 0 Å². The molecule has 2 aliphatic heterocycles. The maximum Gasteiger partial charge on any atom is 0.274 e. The minimum absolute atomic E-state index is 0.00168. The number of carbonyl (C=O) groups excluding carboxylic acids is 2. The van der Waals surface area contributed by atoms with Crippen molar-refractivity contribution in [2.75, 3.05) is 32.7 Å². The Balaban J connectivity index is 1.35. The standard InChI is InChI=1S/C24H34N6O2/c25-23(31)19-9-6-11-29(19)17-20-22(26-21-10-4-5-12-30(20)21)24(32)28-15-13-27(14-16-28)18-7-2-1-3-8-18/h4-5,10,12,18-19H,1-3,6-9,11,13-17H2,(H2,25,31)/t19-/m0/s1. The van der Waals surface area contributed by atoms with E-state index in [0.717, 1.165) is 56.9 Å². The zero-order valence-corrected chi connectivity index (χ0v) is 18.8. The number of carbonyl (C=O) groups is 2. The van der Waals surface area contributed by atoms with E-state index in [-0.39, 0.29) is 17.9 Å². The van der Waals surface area contributed by atoms with Gasteiger partial charge in [0.1, 0.15) is 5.65 Å². The highest BCUT2D eigenvalue weighted by molar-refractivity contribution is 5.94. The molecule has 2 N–H and O–H groups in total. The molecule has 4 heterocycles. The summed E-state index contributed by atoms with van der Waals surface area (Å²) in [4.78, 5) is 36.8. The van der Waals surface area contributed by atoms with Crippen molar-refractivity contribution >= 4 is 17.5 Å². The molecule has 2 aromatic rings. The summed E-state index contributed by atoms with van der Waals surface area (Å²) in [5.41, 5.74) is 7.77. The Labute approximate surface area is 189 Å². The zero-order valence-electron chi connectivity index (χ0n) is 18.8. The molecule has 8 nitrogen and oxygen atoms in total. The second kappa shape index (κ2) is 9.19. The molecule has 2 amide bonds. The first-order valence-corrected chi connectivity index (χ1v) is 12.1. The van der Waals surface area contributed by atoms with Crippen LogP contribution in [0.3, 0.4) is 0 Å². The minimum atomic E-state index is -0.289. The Morgan fingerprint density at radius 1 is 0.969 bits per heavy atom. The van der Waals surface area contributed by atoms with Crippen LogP contribution < -0.4 is 5.73 Å². The summed E-state index contributed by atoms with van der Waals surface area (Å²) >= 11 is 0. The Morgan fingerprint density at radius 2 is 1.75 bits per heavy atom. The van der Waals surface area contributed by atoms with E-state index in [9.17, 15) is 9.59 Å². The quantitative estimate of drug-likeness (QED) is 0.770. The summed E-state index contributed by atoms with van der Waals surface area (Å²) in [5, 5.41) is 0. The molecular formula is C24H34N6O2. The van der Waals surface area contributed by atoms with Crippen LogP contribution in [0.4, 0.5) is 0 Å². The fourth-order valence-corrected chi connectivity index (χ4v) is 5.78. The number of primary amides is 1. The first-order chi connectivity index (χ1) is 15.6. The molecule has 2 aromatic heterocycles. The van der Waals surface area contributed by atoms with Crippen LogP contribution in [-0.4, -0.2) is 80.7 Å². The number of hydrogen-bond donors (Lipinski definition) is 1. The molecule has 1 atom stereocenters. The molecule has 1 saturated carbocycles. The van der Waals surface area contributed by atoms with E-state index in [2.05, 4.69) is 9.80 Å². The molecule has 0 radical (unpaired) electrons. The zero-order chi connectivity index (χ0) is 22.1. The van der Waals surface area contributed by atoms with Gasteiger partial charge in [0.2, 0.25) is 5.91 Å². The van der Waals surface area contributed by atoms with Crippen molar-refractivity contribution in [3.8, 4) is 0 Å². The SMILES string of the molecule is NC(=O)[C@@H]1CCCN1Cc1c(C(=O)N2CCN(C3CCCCC3)CC2)nc2ccccn12. The number of nitrogens with two attached hydrogens (primary N) is 1. The van der Waals surface area contributed by atoms with Crippen molar-refractivity contribution in [3.05, 3.63) is 35.8 Å². The molecule has 0 aromatic carbocycles. The number of fused-ring (bicyclic) bond motifs is 1. The summed E-state index contributed by atoms with van der Waals surface area (Å²) in [6, 6.07) is 6.23. The van der Waals surface area contributed by atoms with Gasteiger partial charge in [-0.1, -0.05) is 25.3 Å². The Morgan fingerprint density at radius 3 is 2.50 bits per heavy atom. The lowest BCUT2D eigenvalue weighted by Crippen LogP contribution is -2.52. The van der Waals surface area contributed by atoms with Crippen molar-refractivity contribution < 1.29 is 9.59 Å². The van der Waals surface area contributed by atoms with Crippen LogP contribution in [0.25, 0.3) is 5.65 Å². The highest BCUT2D eigenvalue weighted by Crippen LogP contribution is 2.26. The predicted molar refractivity (Wildman–Crippen MR) is 122 cm³/mol. The molecule has 5 rings (SSSR count). The van der Waals surface area contributed by atoms with Crippen LogP contribution in [0.5, 0.6) is 0 Å². The summed E-state index contributed by atoms with van der Waals surface area (Å²) < 4.78 is 1.99. The number of piperazine rings is 1. The molecule has 0 unspecified atom stereocenters. The van der Waals surface area contributed by atoms with Crippen LogP contribution in [-0.2, 0) is 11.3 Å². The normalized spacial score (nSPS) is 23.8. The molecule has 1 aliphatic carbocycles. The number of nitrogens with zero attached hydrogens (tertiary/aromatic N) is 5. The summed E-state index contributed by atoms with van der Waals surface area (Å²) in [7, 11) is 0. The molecule has 3 aliphatic rings. The minimum Gasteiger partial charge on any atom is -0.368 e. The fourth-order valence-electron chi connectivity index (χ4n) is 5.78. The summed E-state index contributed by atoms with van der Waals surface area (Å²) in [6.45, 7) is 4.68. The van der Waals surface area contributed by atoms with E-state index in [4.69, 9.17) is 10.7 Å². The lowest BCUT2D eigenvalue weighted by Gasteiger charge is -2.40. The van der Waals surface area contributed by atoms with E-state index in [1.165, 1.54) is 32.1 Å². The molecular weight excluding hydrogens is 404 g/mol. The van der Waals surface area contributed by atoms with Gasteiger partial charge in [-0.2, -0.15) is 0 Å². The highest BCUT2D eigenvalue weighted by Gasteiger charge is 2.33. The van der Waals surface area contributed by atoms with Crippen LogP contribution in [0.2, 0.25) is 0 Å². The van der Waals surface area contributed by atoms with Gasteiger partial charge in [-0.05, 0) is 44.4 Å². The molecule has 32 heavy (non-hydrogen) atoms. The van der Waals surface area contributed by atoms with Gasteiger partial charge in [-0.15, -0.1) is 0 Å². The van der Waals surface area contributed by atoms with Crippen molar-refractivity contribution in [1.82, 2.24) is 24.1 Å². The van der Waals surface area contributed by atoms with Gasteiger partial charge in [0, 0.05) is 45.0 Å². The second-order valence-corrected chi connectivity index (χ2v) is 9.49. The van der Waals surface area contributed by atoms with Gasteiger partial charge in [0.25, 0.3) is 5.91 Å². The number of pyridine rings is 1. The van der Waals surface area contributed by atoms with Crippen molar-refractivity contribution in [2.45, 2.75) is 63.6 Å². The lowest BCUT2D eigenvalue weighted by atomic mass is 9.94. The largest absolute Gasteiger partial charge is 0.368 e. The van der Waals surface area contributed by atoms with E-state index >= 15 is 0 Å². The van der Waals surface area contributed by atoms with E-state index in [1.54, 1.807) is 0 Å². The van der Waals surface area contributed by atoms with Crippen molar-refractivity contribution in [1.29, 1.82) is 0 Å². The van der Waals surface area contributed by atoms with E-state index < -0.39 is 0 Å². The number of hydrogen-bond acceptors (Lipinski definition) is 5. The first kappa shape index (κ1) is 21.4. The van der Waals surface area contributed by atoms with Crippen LogP contribution in [0, 0.1) is 0 Å². The summed E-state index contributed by atoms with van der Waals surface area (Å²) in [6.07, 6.45) is 10.3. The molecule has 0 spiro atoms. The maximum atomic E-state index is 13.6. The Kier molecular flexibility index (Phi) is 6.15. The third-order valence-corrected chi connectivity index (χ3v) is 7.57. The lowest BCUT2D eigenvalue weighted by molar-refractivity contribution is -0.122. The Bertz CT molecular complexity index is 974. The van der Waals surface area contributed by atoms with Crippen molar-refractivity contribution in [2.24, 2.45) is 5.73 Å². The van der Waals surface area contributed by atoms with Crippen LogP contribution in [0.1, 0.15) is 61.1 Å². The average Bonchev–Trinajstić information content (AvgIpc) is 3.45. The molecule has 0 bridgehead atoms. The predicted octanol–water partition coefficient (Wildman–Crippen LogP) is 1.87. The monoisotopic (exact) mass is 438 g/mol. The van der Waals surface area contributed by atoms with Crippen LogP contribution in [0.15, 0.2) is 24.4 Å². The van der Waals surface area contributed by atoms with Gasteiger partial charge in [-0.25, -0.2) is 4.98 Å². The smallest absolute Gasteiger partial charge is 0.274 e. The van der Waals surface area contributed by atoms with E-state index in [0.29, 0.717) is 18.3 Å². The first-order valence-electron chi connectivity index (χ1n) is 12.1. The average molecular weight is 439 g/mol. The van der Waals surface area contributed by atoms with Crippen molar-refractivity contribution in [3.63, 3.8) is 0 Å². The number of aromatic nitrogens is 2. The van der Waals surface area contributed by atoms with Gasteiger partial charge >= 0.3 is 0 Å². The van der Waals surface area contributed by atoms with Gasteiger partial charge < -0.3 is 15.0 Å². The van der Waals surface area contributed by atoms with E-state index in [1.807, 2.05) is 33.7 Å². The summed E-state index contributed by atoms with van der Waals surface area (Å²) in [5.74, 6) is -0.287. The topological polar surface area (TPSA) is 87.2 Å². The maximum absolute atomic E-state index is 13.6. The second-order valence-electron chi connectivity index (χ2n) is 9.49. The molecule has 2 saturated heterocycles. The molecule has 8 heteroatoms. The molecule has 3 fully saturated rings. The van der Waals surface area contributed by atoms with Gasteiger partial charge in [0.15, 0.2) is 5.69 Å².